The Bertz CT molecular complexity index is 217. The molecule has 1 aliphatic carbocycles. The molecule has 0 spiro atoms. The molecule has 0 aliphatic heterocycles. The van der Waals surface area contributed by atoms with Crippen molar-refractivity contribution in [1.29, 1.82) is 0 Å². The topological polar surface area (TPSA) is 20.2 Å². The van der Waals surface area contributed by atoms with Crippen molar-refractivity contribution in [3.05, 3.63) is 11.8 Å². The monoisotopic (exact) mass is 240 g/mol. The van der Waals surface area contributed by atoms with Crippen molar-refractivity contribution < 1.29 is 5.11 Å². The third-order valence-corrected chi connectivity index (χ3v) is 9.68. The number of hydrogen-bond acceptors (Lipinski definition) is 1. The second-order valence-electron chi connectivity index (χ2n) is 5.42. The molecule has 0 aromatic rings. The van der Waals surface area contributed by atoms with Crippen LogP contribution in [0.5, 0.6) is 0 Å². The van der Waals surface area contributed by atoms with Gasteiger partial charge in [0.2, 0.25) is 0 Å². The van der Waals surface area contributed by atoms with E-state index < -0.39 is 13.7 Å². The van der Waals surface area contributed by atoms with Gasteiger partial charge in [0.1, 0.15) is 0 Å². The van der Waals surface area contributed by atoms with Crippen LogP contribution in [0, 0.1) is 0 Å². The highest BCUT2D eigenvalue weighted by Gasteiger charge is 2.29. The molecule has 0 heterocycles. The highest BCUT2D eigenvalue weighted by molar-refractivity contribution is 6.84. The third kappa shape index (κ3) is 3.46. The maximum atomic E-state index is 10.5. The molecular weight excluding hydrogens is 212 g/mol. The first-order valence-corrected chi connectivity index (χ1v) is 9.72. The number of aliphatic hydroxyl groups is 1. The quantitative estimate of drug-likeness (QED) is 0.711. The molecule has 0 saturated heterocycles. The fourth-order valence-corrected chi connectivity index (χ4v) is 5.64. The van der Waals surface area contributed by atoms with Crippen molar-refractivity contribution in [2.45, 2.75) is 76.6 Å². The fraction of sp³-hybridized carbons (Fsp3) is 0.857. The van der Waals surface area contributed by atoms with E-state index >= 15 is 0 Å². The van der Waals surface area contributed by atoms with Crippen LogP contribution in [0.4, 0.5) is 0 Å². The Morgan fingerprint density at radius 1 is 1.00 bits per heavy atom. The van der Waals surface area contributed by atoms with Crippen molar-refractivity contribution in [2.24, 2.45) is 0 Å². The Hall–Kier alpha value is -0.0831. The zero-order valence-electron chi connectivity index (χ0n) is 11.3. The van der Waals surface area contributed by atoms with E-state index in [0.717, 1.165) is 12.8 Å². The second kappa shape index (κ2) is 6.01. The summed E-state index contributed by atoms with van der Waals surface area (Å²) in [5.41, 5.74) is 1.98. The van der Waals surface area contributed by atoms with Gasteiger partial charge in [0, 0.05) is 0 Å². The summed E-state index contributed by atoms with van der Waals surface area (Å²) in [4.78, 5) is 0. The lowest BCUT2D eigenvalue weighted by Gasteiger charge is -2.31. The van der Waals surface area contributed by atoms with Gasteiger partial charge in [-0.1, -0.05) is 69.9 Å². The molecule has 0 bridgehead atoms. The van der Waals surface area contributed by atoms with Crippen LogP contribution in [-0.4, -0.2) is 18.8 Å². The van der Waals surface area contributed by atoms with Gasteiger partial charge >= 0.3 is 0 Å². The lowest BCUT2D eigenvalue weighted by Crippen LogP contribution is -2.33. The molecule has 0 aromatic carbocycles. The summed E-state index contributed by atoms with van der Waals surface area (Å²) in [6.07, 6.45) is 7.82. The summed E-state index contributed by atoms with van der Waals surface area (Å²) >= 11 is 0. The fourth-order valence-electron chi connectivity index (χ4n) is 2.77. The van der Waals surface area contributed by atoms with Crippen molar-refractivity contribution >= 4 is 8.07 Å². The van der Waals surface area contributed by atoms with E-state index in [-0.39, 0.29) is 0 Å². The van der Waals surface area contributed by atoms with E-state index in [0.29, 0.717) is 0 Å². The zero-order chi connectivity index (χ0) is 12.1. The SMILES string of the molecule is CC[Si](/C=C/C1(O)CCCCC1)(CC)CC. The first kappa shape index (κ1) is 14.0. The van der Waals surface area contributed by atoms with Gasteiger partial charge in [0.05, 0.1) is 13.7 Å². The van der Waals surface area contributed by atoms with Gasteiger partial charge in [-0.05, 0) is 12.8 Å². The summed E-state index contributed by atoms with van der Waals surface area (Å²) in [6.45, 7) is 6.94. The standard InChI is InChI=1S/C14H28OSi/c1-4-16(5-2,6-3)13-12-14(15)10-8-7-9-11-14/h12-13,15H,4-11H2,1-3H3/b13-12+. The Morgan fingerprint density at radius 2 is 1.50 bits per heavy atom. The van der Waals surface area contributed by atoms with Crippen molar-refractivity contribution in [3.63, 3.8) is 0 Å². The van der Waals surface area contributed by atoms with E-state index in [4.69, 9.17) is 0 Å². The van der Waals surface area contributed by atoms with Crippen molar-refractivity contribution in [1.82, 2.24) is 0 Å². The van der Waals surface area contributed by atoms with E-state index in [1.165, 1.54) is 37.4 Å². The summed E-state index contributed by atoms with van der Waals surface area (Å²) in [5.74, 6) is 0. The third-order valence-electron chi connectivity index (χ3n) is 4.58. The Labute approximate surface area is 102 Å². The first-order valence-electron chi connectivity index (χ1n) is 7.02. The summed E-state index contributed by atoms with van der Waals surface area (Å²) in [5, 5.41) is 10.5. The molecule has 0 atom stereocenters. The van der Waals surface area contributed by atoms with Crippen LogP contribution >= 0.6 is 0 Å². The first-order chi connectivity index (χ1) is 7.60. The van der Waals surface area contributed by atoms with Gasteiger partial charge < -0.3 is 5.11 Å². The predicted octanol–water partition coefficient (Wildman–Crippen LogP) is 4.29. The molecule has 1 fully saturated rings. The van der Waals surface area contributed by atoms with E-state index in [9.17, 15) is 5.11 Å². The van der Waals surface area contributed by atoms with Gasteiger partial charge in [-0.3, -0.25) is 0 Å². The predicted molar refractivity (Wildman–Crippen MR) is 74.4 cm³/mol. The van der Waals surface area contributed by atoms with E-state index in [1.807, 2.05) is 0 Å². The minimum atomic E-state index is -1.19. The summed E-state index contributed by atoms with van der Waals surface area (Å²) < 4.78 is 0. The largest absolute Gasteiger partial charge is 0.386 e. The second-order valence-corrected chi connectivity index (χ2v) is 10.6. The van der Waals surface area contributed by atoms with Crippen LogP contribution in [-0.2, 0) is 0 Å². The molecule has 2 heteroatoms. The van der Waals surface area contributed by atoms with Gasteiger partial charge in [-0.25, -0.2) is 0 Å². The van der Waals surface area contributed by atoms with E-state index in [2.05, 4.69) is 32.5 Å². The normalized spacial score (nSPS) is 21.5. The number of hydrogen-bond donors (Lipinski definition) is 1. The number of rotatable bonds is 5. The van der Waals surface area contributed by atoms with E-state index in [1.54, 1.807) is 0 Å². The summed E-state index contributed by atoms with van der Waals surface area (Å²) in [6, 6.07) is 3.94. The van der Waals surface area contributed by atoms with Gasteiger partial charge in [-0.2, -0.15) is 0 Å². The molecule has 1 N–H and O–H groups in total. The molecule has 0 aromatic heterocycles. The highest BCUT2D eigenvalue weighted by atomic mass is 28.3. The van der Waals surface area contributed by atoms with Crippen molar-refractivity contribution in [3.8, 4) is 0 Å². The lowest BCUT2D eigenvalue weighted by molar-refractivity contribution is 0.0514. The lowest BCUT2D eigenvalue weighted by atomic mass is 9.85. The van der Waals surface area contributed by atoms with Crippen LogP contribution in [0.1, 0.15) is 52.9 Å². The van der Waals surface area contributed by atoms with Crippen LogP contribution in [0.15, 0.2) is 11.8 Å². The average Bonchev–Trinajstić information content (AvgIpc) is 2.33. The Balaban J connectivity index is 2.68. The molecule has 0 radical (unpaired) electrons. The molecule has 0 unspecified atom stereocenters. The zero-order valence-corrected chi connectivity index (χ0v) is 12.3. The van der Waals surface area contributed by atoms with Gasteiger partial charge in [0.15, 0.2) is 0 Å². The van der Waals surface area contributed by atoms with Crippen molar-refractivity contribution in [2.75, 3.05) is 0 Å². The molecule has 1 rings (SSSR count). The highest BCUT2D eigenvalue weighted by Crippen LogP contribution is 2.31. The van der Waals surface area contributed by atoms with Gasteiger partial charge in [-0.15, -0.1) is 0 Å². The minimum Gasteiger partial charge on any atom is -0.386 e. The molecule has 1 aliphatic rings. The molecule has 16 heavy (non-hydrogen) atoms. The van der Waals surface area contributed by atoms with Gasteiger partial charge in [0.25, 0.3) is 0 Å². The van der Waals surface area contributed by atoms with Crippen LogP contribution in [0.25, 0.3) is 0 Å². The maximum Gasteiger partial charge on any atom is 0.0824 e. The smallest absolute Gasteiger partial charge is 0.0824 e. The molecular formula is C14H28OSi. The maximum absolute atomic E-state index is 10.5. The minimum absolute atomic E-state index is 0.462. The molecule has 1 saturated carbocycles. The average molecular weight is 240 g/mol. The Kier molecular flexibility index (Phi) is 5.26. The summed E-state index contributed by atoms with van der Waals surface area (Å²) in [7, 11) is -1.19. The molecule has 94 valence electrons. The van der Waals surface area contributed by atoms with Crippen LogP contribution in [0.2, 0.25) is 18.1 Å². The van der Waals surface area contributed by atoms with Crippen LogP contribution in [0.3, 0.4) is 0 Å². The molecule has 0 amide bonds. The Morgan fingerprint density at radius 3 is 1.94 bits per heavy atom. The molecule has 1 nitrogen and oxygen atoms in total. The van der Waals surface area contributed by atoms with Crippen LogP contribution < -0.4 is 0 Å².